The summed E-state index contributed by atoms with van der Waals surface area (Å²) in [4.78, 5) is 22.6. The molecule has 0 spiro atoms. The maximum absolute atomic E-state index is 11.9. The number of pyridine rings is 1. The van der Waals surface area contributed by atoms with E-state index in [1.54, 1.807) is 24.4 Å². The number of allylic oxidation sites excluding steroid dienone is 4. The lowest BCUT2D eigenvalue weighted by Crippen LogP contribution is -2.10. The van der Waals surface area contributed by atoms with Crippen LogP contribution >= 0.6 is 0 Å². The average molecular weight is 269 g/mol. The topological polar surface area (TPSA) is 67.9 Å². The van der Waals surface area contributed by atoms with Crippen molar-refractivity contribution in [1.82, 2.24) is 15.0 Å². The third kappa shape index (κ3) is 3.20. The van der Waals surface area contributed by atoms with Crippen LogP contribution in [0.2, 0.25) is 0 Å². The van der Waals surface area contributed by atoms with Crippen molar-refractivity contribution in [3.8, 4) is 6.01 Å². The molecule has 0 radical (unpaired) electrons. The molecule has 102 valence electrons. The molecule has 0 amide bonds. The van der Waals surface area contributed by atoms with Crippen LogP contribution in [0.5, 0.6) is 6.01 Å². The summed E-state index contributed by atoms with van der Waals surface area (Å²) >= 11 is 0. The maximum atomic E-state index is 11.9. The Balaban J connectivity index is 2.34. The first kappa shape index (κ1) is 13.7. The third-order valence-electron chi connectivity index (χ3n) is 2.52. The van der Waals surface area contributed by atoms with Gasteiger partial charge in [0.1, 0.15) is 5.76 Å². The van der Waals surface area contributed by atoms with Crippen molar-refractivity contribution < 1.29 is 4.74 Å². The molecule has 5 nitrogen and oxygen atoms in total. The fraction of sp³-hybridized carbons (Fsp3) is 0.133. The van der Waals surface area contributed by atoms with Crippen LogP contribution in [0, 0.1) is 0 Å². The van der Waals surface area contributed by atoms with Gasteiger partial charge in [-0.25, -0.2) is 0 Å². The van der Waals surface area contributed by atoms with E-state index in [2.05, 4.69) is 21.5 Å². The number of nitrogens with zero attached hydrogens (tertiary/aromatic N) is 2. The third-order valence-corrected chi connectivity index (χ3v) is 2.52. The second kappa shape index (κ2) is 5.97. The molecule has 1 N–H and O–H groups in total. The molecule has 0 saturated heterocycles. The number of hydrogen-bond donors (Lipinski definition) is 1. The predicted molar refractivity (Wildman–Crippen MR) is 78.5 cm³/mol. The summed E-state index contributed by atoms with van der Waals surface area (Å²) in [6, 6.07) is 1.75. The van der Waals surface area contributed by atoms with E-state index in [4.69, 9.17) is 4.74 Å². The van der Waals surface area contributed by atoms with Crippen molar-refractivity contribution in [2.24, 2.45) is 0 Å². The summed E-state index contributed by atoms with van der Waals surface area (Å²) in [5, 5.41) is 0.479. The Labute approximate surface area is 116 Å². The van der Waals surface area contributed by atoms with Gasteiger partial charge in [-0.05, 0) is 32.1 Å². The molecule has 0 saturated carbocycles. The molecule has 2 rings (SSSR count). The normalized spacial score (nSPS) is 12.0. The molecule has 2 aromatic rings. The number of rotatable bonds is 4. The van der Waals surface area contributed by atoms with Crippen molar-refractivity contribution in [2.45, 2.75) is 13.8 Å². The highest BCUT2D eigenvalue weighted by Gasteiger charge is 2.05. The summed E-state index contributed by atoms with van der Waals surface area (Å²) in [5.74, 6) is 0.569. The molecule has 2 heterocycles. The number of hydrogen-bond acceptors (Lipinski definition) is 4. The van der Waals surface area contributed by atoms with E-state index in [0.29, 0.717) is 16.7 Å². The number of nitrogens with one attached hydrogen (secondary N) is 1. The lowest BCUT2D eigenvalue weighted by molar-refractivity contribution is 0.407. The van der Waals surface area contributed by atoms with Gasteiger partial charge in [-0.2, -0.15) is 4.98 Å². The minimum atomic E-state index is -0.258. The number of H-pyrrole nitrogens is 1. The summed E-state index contributed by atoms with van der Waals surface area (Å²) in [5.41, 5.74) is 1.13. The first-order valence-electron chi connectivity index (χ1n) is 6.12. The number of aromatic nitrogens is 3. The van der Waals surface area contributed by atoms with E-state index in [0.717, 1.165) is 5.57 Å². The Bertz CT molecular complexity index is 757. The first-order chi connectivity index (χ1) is 9.60. The maximum Gasteiger partial charge on any atom is 0.302 e. The molecule has 0 bridgehead atoms. The minimum absolute atomic E-state index is 0.134. The average Bonchev–Trinajstić information content (AvgIpc) is 2.43. The number of aromatic amines is 1. The van der Waals surface area contributed by atoms with Crippen molar-refractivity contribution in [1.29, 1.82) is 0 Å². The van der Waals surface area contributed by atoms with Gasteiger partial charge in [0.15, 0.2) is 0 Å². The molecule has 5 heteroatoms. The van der Waals surface area contributed by atoms with Gasteiger partial charge in [0.25, 0.3) is 5.56 Å². The summed E-state index contributed by atoms with van der Waals surface area (Å²) in [6.07, 6.45) is 8.42. The molecule has 20 heavy (non-hydrogen) atoms. The second-order valence-electron chi connectivity index (χ2n) is 4.24. The molecule has 2 aromatic heterocycles. The van der Waals surface area contributed by atoms with Crippen LogP contribution in [-0.4, -0.2) is 15.0 Å². The standard InChI is InChI=1S/C15H15N3O2/c1-4-11(6-5-10(2)3)20-15-17-13-9-16-8-7-12(13)14(19)18-15/h4-9H,2H2,1,3H3,(H,17,18,19)/b6-5-,11-4+. The fourth-order valence-corrected chi connectivity index (χ4v) is 1.54. The van der Waals surface area contributed by atoms with Gasteiger partial charge < -0.3 is 4.74 Å². The van der Waals surface area contributed by atoms with E-state index in [9.17, 15) is 4.79 Å². The molecule has 0 aliphatic carbocycles. The summed E-state index contributed by atoms with van der Waals surface area (Å²) in [7, 11) is 0. The second-order valence-corrected chi connectivity index (χ2v) is 4.24. The van der Waals surface area contributed by atoms with Gasteiger partial charge >= 0.3 is 6.01 Å². The molecule has 0 aliphatic rings. The highest BCUT2D eigenvalue weighted by atomic mass is 16.5. The van der Waals surface area contributed by atoms with Crippen molar-refractivity contribution in [2.75, 3.05) is 0 Å². The zero-order valence-electron chi connectivity index (χ0n) is 11.4. The van der Waals surface area contributed by atoms with E-state index < -0.39 is 0 Å². The number of ether oxygens (including phenoxy) is 1. The van der Waals surface area contributed by atoms with Crippen LogP contribution in [0.25, 0.3) is 10.9 Å². The highest BCUT2D eigenvalue weighted by molar-refractivity contribution is 5.76. The number of fused-ring (bicyclic) bond motifs is 1. The van der Waals surface area contributed by atoms with Gasteiger partial charge in [0.2, 0.25) is 0 Å². The fourth-order valence-electron chi connectivity index (χ4n) is 1.54. The highest BCUT2D eigenvalue weighted by Crippen LogP contribution is 2.11. The Morgan fingerprint density at radius 1 is 1.45 bits per heavy atom. The van der Waals surface area contributed by atoms with Crippen LogP contribution in [0.15, 0.2) is 59.4 Å². The molecule has 0 fully saturated rings. The van der Waals surface area contributed by atoms with Crippen LogP contribution in [0.1, 0.15) is 13.8 Å². The lowest BCUT2D eigenvalue weighted by atomic mass is 10.3. The minimum Gasteiger partial charge on any atom is -0.426 e. The molecule has 0 unspecified atom stereocenters. The molecular formula is C15H15N3O2. The molecular weight excluding hydrogens is 254 g/mol. The van der Waals surface area contributed by atoms with Gasteiger partial charge in [-0.15, -0.1) is 0 Å². The van der Waals surface area contributed by atoms with Gasteiger partial charge in [-0.3, -0.25) is 14.8 Å². The molecule has 0 aliphatic heterocycles. The van der Waals surface area contributed by atoms with Crippen molar-refractivity contribution in [3.05, 3.63) is 65.0 Å². The van der Waals surface area contributed by atoms with Gasteiger partial charge in [0, 0.05) is 6.20 Å². The van der Waals surface area contributed by atoms with Crippen molar-refractivity contribution >= 4 is 10.9 Å². The zero-order valence-corrected chi connectivity index (χ0v) is 11.4. The Kier molecular flexibility index (Phi) is 4.10. The van der Waals surface area contributed by atoms with Crippen LogP contribution in [0.4, 0.5) is 0 Å². The van der Waals surface area contributed by atoms with E-state index in [-0.39, 0.29) is 11.6 Å². The predicted octanol–water partition coefficient (Wildman–Crippen LogP) is 2.73. The zero-order chi connectivity index (χ0) is 14.5. The van der Waals surface area contributed by atoms with Gasteiger partial charge in [-0.1, -0.05) is 18.2 Å². The van der Waals surface area contributed by atoms with Crippen LogP contribution in [-0.2, 0) is 0 Å². The largest absolute Gasteiger partial charge is 0.426 e. The first-order valence-corrected chi connectivity index (χ1v) is 6.12. The molecule has 0 atom stereocenters. The lowest BCUT2D eigenvalue weighted by Gasteiger charge is -2.05. The quantitative estimate of drug-likeness (QED) is 0.684. The summed E-state index contributed by atoms with van der Waals surface area (Å²) in [6.45, 7) is 7.48. The SMILES string of the molecule is C=C(C)/C=C\C(=C/C)Oc1nc2cnccc2c(=O)[nH]1. The summed E-state index contributed by atoms with van der Waals surface area (Å²) < 4.78 is 5.54. The Morgan fingerprint density at radius 3 is 2.95 bits per heavy atom. The van der Waals surface area contributed by atoms with Crippen LogP contribution in [0.3, 0.4) is 0 Å². The van der Waals surface area contributed by atoms with Gasteiger partial charge in [0.05, 0.1) is 17.1 Å². The Hall–Kier alpha value is -2.69. The van der Waals surface area contributed by atoms with E-state index >= 15 is 0 Å². The van der Waals surface area contributed by atoms with Crippen LogP contribution < -0.4 is 10.3 Å². The molecule has 0 aromatic carbocycles. The van der Waals surface area contributed by atoms with E-state index in [1.807, 2.05) is 19.9 Å². The Morgan fingerprint density at radius 2 is 2.25 bits per heavy atom. The van der Waals surface area contributed by atoms with E-state index in [1.165, 1.54) is 6.20 Å². The smallest absolute Gasteiger partial charge is 0.302 e. The monoisotopic (exact) mass is 269 g/mol. The van der Waals surface area contributed by atoms with Crippen molar-refractivity contribution in [3.63, 3.8) is 0 Å².